The van der Waals surface area contributed by atoms with Crippen LogP contribution in [0.1, 0.15) is 47.5 Å². The van der Waals surface area contributed by atoms with Gasteiger partial charge in [-0.3, -0.25) is 24.2 Å². The molecule has 2 aliphatic heterocycles. The van der Waals surface area contributed by atoms with Crippen molar-refractivity contribution in [2.24, 2.45) is 5.92 Å². The summed E-state index contributed by atoms with van der Waals surface area (Å²) in [6, 6.07) is 9.97. The van der Waals surface area contributed by atoms with E-state index in [1.54, 1.807) is 53.6 Å². The maximum atomic E-state index is 13.7. The molecule has 3 amide bonds. The molecule has 2 saturated heterocycles. The minimum atomic E-state index is -0.802. The molecule has 3 atom stereocenters. The highest BCUT2D eigenvalue weighted by atomic mass is 16.3. The van der Waals surface area contributed by atoms with Gasteiger partial charge in [0.25, 0.3) is 11.8 Å². The van der Waals surface area contributed by atoms with Gasteiger partial charge in [-0.05, 0) is 43.0 Å². The van der Waals surface area contributed by atoms with Gasteiger partial charge >= 0.3 is 0 Å². The predicted octanol–water partition coefficient (Wildman–Crippen LogP) is 2.58. The molecule has 10 heteroatoms. The molecular weight excluding hydrogens is 486 g/mol. The molecule has 196 valence electrons. The lowest BCUT2D eigenvalue weighted by Crippen LogP contribution is -2.53. The number of Topliss-reactive ketones (excluding diaryl/α,β-unsaturated/α-hetero) is 1. The Labute approximate surface area is 220 Å². The van der Waals surface area contributed by atoms with E-state index in [2.05, 4.69) is 15.3 Å². The molecule has 2 aromatic heterocycles. The van der Waals surface area contributed by atoms with Crippen LogP contribution in [0, 0.1) is 5.92 Å². The second kappa shape index (κ2) is 10.6. The molecule has 0 spiro atoms. The first-order valence-electron chi connectivity index (χ1n) is 12.7. The van der Waals surface area contributed by atoms with Crippen LogP contribution in [0.15, 0.2) is 65.7 Å². The monoisotopic (exact) mass is 515 g/mol. The number of rotatable bonds is 7. The summed E-state index contributed by atoms with van der Waals surface area (Å²) >= 11 is 0. The molecule has 3 unspecified atom stereocenters. The van der Waals surface area contributed by atoms with E-state index >= 15 is 0 Å². The normalized spacial score (nSPS) is 19.5. The lowest BCUT2D eigenvalue weighted by atomic mass is 10.0. The van der Waals surface area contributed by atoms with Gasteiger partial charge in [-0.2, -0.15) is 0 Å². The second-order valence-electron chi connectivity index (χ2n) is 10.0. The summed E-state index contributed by atoms with van der Waals surface area (Å²) in [5.41, 5.74) is 1.45. The first kappa shape index (κ1) is 25.3. The van der Waals surface area contributed by atoms with Crippen molar-refractivity contribution >= 4 is 23.5 Å². The van der Waals surface area contributed by atoms with Gasteiger partial charge in [0.1, 0.15) is 17.8 Å². The maximum absolute atomic E-state index is 13.7. The van der Waals surface area contributed by atoms with Crippen LogP contribution in [0.2, 0.25) is 0 Å². The molecule has 1 N–H and O–H groups in total. The molecule has 1 aromatic carbocycles. The molecule has 0 bridgehead atoms. The Morgan fingerprint density at radius 1 is 1.11 bits per heavy atom. The fraction of sp³-hybridized carbons (Fsp3) is 0.357. The first-order chi connectivity index (χ1) is 18.3. The van der Waals surface area contributed by atoms with Crippen molar-refractivity contribution in [3.8, 4) is 11.3 Å². The molecule has 4 heterocycles. The quantitative estimate of drug-likeness (QED) is 0.513. The number of nitrogens with one attached hydrogen (secondary N) is 1. The van der Waals surface area contributed by atoms with Crippen molar-refractivity contribution in [3.05, 3.63) is 72.5 Å². The number of carbonyl (C=O) groups excluding carboxylic acids is 4. The van der Waals surface area contributed by atoms with Gasteiger partial charge in [0, 0.05) is 23.9 Å². The van der Waals surface area contributed by atoms with Gasteiger partial charge in [0.05, 0.1) is 18.8 Å². The van der Waals surface area contributed by atoms with E-state index in [0.717, 1.165) is 5.56 Å². The fourth-order valence-electron chi connectivity index (χ4n) is 5.25. The van der Waals surface area contributed by atoms with Crippen LogP contribution in [0.5, 0.6) is 0 Å². The average molecular weight is 516 g/mol. The van der Waals surface area contributed by atoms with Crippen LogP contribution in [0.4, 0.5) is 0 Å². The zero-order valence-corrected chi connectivity index (χ0v) is 21.2. The number of nitrogens with zero attached hydrogens (tertiary/aromatic N) is 4. The Bertz CT molecular complexity index is 1320. The predicted molar refractivity (Wildman–Crippen MR) is 137 cm³/mol. The smallest absolute Gasteiger partial charge is 0.273 e. The molecule has 3 aromatic rings. The zero-order chi connectivity index (χ0) is 26.8. The minimum absolute atomic E-state index is 0.0622. The number of likely N-dealkylation sites (tertiary alicyclic amines) is 2. The van der Waals surface area contributed by atoms with E-state index in [1.165, 1.54) is 17.5 Å². The zero-order valence-electron chi connectivity index (χ0n) is 21.2. The molecule has 0 saturated carbocycles. The maximum Gasteiger partial charge on any atom is 0.273 e. The van der Waals surface area contributed by atoms with Gasteiger partial charge in [-0.1, -0.05) is 32.0 Å². The van der Waals surface area contributed by atoms with Crippen molar-refractivity contribution in [2.45, 2.75) is 44.8 Å². The number of oxazole rings is 1. The summed E-state index contributed by atoms with van der Waals surface area (Å²) in [6.45, 7) is 4.22. The Hall–Kier alpha value is -4.34. The van der Waals surface area contributed by atoms with Gasteiger partial charge in [0.15, 0.2) is 17.9 Å². The summed E-state index contributed by atoms with van der Waals surface area (Å²) in [5, 5.41) is 2.88. The number of fused-ring (bicyclic) bond motifs is 1. The average Bonchev–Trinajstić information content (AvgIpc) is 3.67. The van der Waals surface area contributed by atoms with Crippen LogP contribution in [-0.2, 0) is 9.59 Å². The minimum Gasteiger partial charge on any atom is -0.444 e. The number of ketones is 1. The molecule has 10 nitrogen and oxygen atoms in total. The van der Waals surface area contributed by atoms with Crippen molar-refractivity contribution in [1.82, 2.24) is 25.1 Å². The van der Waals surface area contributed by atoms with Crippen LogP contribution in [0.3, 0.4) is 0 Å². The van der Waals surface area contributed by atoms with Crippen LogP contribution >= 0.6 is 0 Å². The molecular formula is C28H29N5O5. The summed E-state index contributed by atoms with van der Waals surface area (Å²) in [4.78, 5) is 64.0. The van der Waals surface area contributed by atoms with Gasteiger partial charge in [-0.25, -0.2) is 4.98 Å². The van der Waals surface area contributed by atoms with E-state index in [1.807, 2.05) is 13.8 Å². The van der Waals surface area contributed by atoms with Gasteiger partial charge in [-0.15, -0.1) is 0 Å². The lowest BCUT2D eigenvalue weighted by Gasteiger charge is -2.29. The third-order valence-corrected chi connectivity index (χ3v) is 7.02. The fourth-order valence-corrected chi connectivity index (χ4v) is 5.25. The molecule has 0 aliphatic carbocycles. The summed E-state index contributed by atoms with van der Waals surface area (Å²) < 4.78 is 5.29. The highest BCUT2D eigenvalue weighted by Gasteiger charge is 2.52. The number of hydrogen-bond donors (Lipinski definition) is 1. The Balaban J connectivity index is 1.30. The summed E-state index contributed by atoms with van der Waals surface area (Å²) in [7, 11) is 0. The van der Waals surface area contributed by atoms with Crippen molar-refractivity contribution in [1.29, 1.82) is 0 Å². The Kier molecular flexibility index (Phi) is 7.04. The van der Waals surface area contributed by atoms with Crippen molar-refractivity contribution in [3.63, 3.8) is 0 Å². The lowest BCUT2D eigenvalue weighted by molar-refractivity contribution is -0.138. The highest BCUT2D eigenvalue weighted by molar-refractivity contribution is 6.03. The second-order valence-corrected chi connectivity index (χ2v) is 10.0. The Morgan fingerprint density at radius 2 is 1.89 bits per heavy atom. The first-order valence-corrected chi connectivity index (χ1v) is 12.7. The van der Waals surface area contributed by atoms with Gasteiger partial charge in [0.2, 0.25) is 5.91 Å². The van der Waals surface area contributed by atoms with Crippen LogP contribution in [-0.4, -0.2) is 74.5 Å². The van der Waals surface area contributed by atoms with Crippen molar-refractivity contribution < 1.29 is 23.6 Å². The third kappa shape index (κ3) is 4.93. The van der Waals surface area contributed by atoms with E-state index in [9.17, 15) is 19.2 Å². The SMILES string of the molecule is CC(C)CC(NC(=O)c1ccc(-c2cnco2)cc1)C(=O)N1CCC2C1C(=O)CN2C(=O)c1ccccn1. The topological polar surface area (TPSA) is 126 Å². The number of hydrogen-bond acceptors (Lipinski definition) is 7. The third-order valence-electron chi connectivity index (χ3n) is 7.02. The summed E-state index contributed by atoms with van der Waals surface area (Å²) in [6.07, 6.45) is 5.37. The molecule has 2 aliphatic rings. The van der Waals surface area contributed by atoms with Gasteiger partial charge < -0.3 is 19.5 Å². The van der Waals surface area contributed by atoms with Crippen LogP contribution < -0.4 is 5.32 Å². The number of aromatic nitrogens is 2. The van der Waals surface area contributed by atoms with E-state index < -0.39 is 18.1 Å². The molecule has 38 heavy (non-hydrogen) atoms. The summed E-state index contributed by atoms with van der Waals surface area (Å²) in [5.74, 6) is -0.473. The molecule has 0 radical (unpaired) electrons. The van der Waals surface area contributed by atoms with E-state index in [0.29, 0.717) is 30.7 Å². The van der Waals surface area contributed by atoms with E-state index in [4.69, 9.17) is 4.42 Å². The van der Waals surface area contributed by atoms with E-state index in [-0.39, 0.29) is 41.7 Å². The number of benzene rings is 1. The molecule has 2 fully saturated rings. The standard InChI is InChI=1S/C28H29N5O5/c1-17(2)13-21(31-26(35)19-8-6-18(7-9-19)24-14-29-16-38-24)28(37)32-12-10-22-25(32)23(34)15-33(22)27(36)20-5-3-4-11-30-20/h3-9,11,14,16-17,21-22,25H,10,12-13,15H2,1-2H3,(H,31,35). The highest BCUT2D eigenvalue weighted by Crippen LogP contribution is 2.31. The molecule has 5 rings (SSSR count). The number of pyridine rings is 1. The largest absolute Gasteiger partial charge is 0.444 e. The van der Waals surface area contributed by atoms with Crippen LogP contribution in [0.25, 0.3) is 11.3 Å². The number of amides is 3. The Morgan fingerprint density at radius 3 is 2.55 bits per heavy atom. The number of carbonyl (C=O) groups is 4. The van der Waals surface area contributed by atoms with Crippen molar-refractivity contribution in [2.75, 3.05) is 13.1 Å².